The quantitative estimate of drug-likeness (QED) is 0.520. The van der Waals surface area contributed by atoms with Gasteiger partial charge in [-0.15, -0.1) is 0 Å². The number of carbonyl (C=O) groups excluding carboxylic acids is 2. The lowest BCUT2D eigenvalue weighted by molar-refractivity contribution is -0.232. The van der Waals surface area contributed by atoms with Crippen molar-refractivity contribution in [2.24, 2.45) is 11.3 Å². The average molecular weight is 470 g/mol. The van der Waals surface area contributed by atoms with Gasteiger partial charge in [-0.25, -0.2) is 0 Å². The van der Waals surface area contributed by atoms with Crippen LogP contribution < -0.4 is 5.32 Å². The maximum atomic E-state index is 14.4. The van der Waals surface area contributed by atoms with Gasteiger partial charge in [0.25, 0.3) is 0 Å². The summed E-state index contributed by atoms with van der Waals surface area (Å²) in [5, 5.41) is 2.74. The SMILES string of the molecule is COC(=O)[C@H]1NC(c2ccc(Br)cc2)[C@H](C(=O)c2ccccc2)[C@@]1(C)C(F)(F)F. The van der Waals surface area contributed by atoms with E-state index in [0.29, 0.717) is 5.56 Å². The van der Waals surface area contributed by atoms with Crippen LogP contribution in [0.5, 0.6) is 0 Å². The lowest BCUT2D eigenvalue weighted by atomic mass is 9.68. The lowest BCUT2D eigenvalue weighted by Gasteiger charge is -2.36. The molecule has 1 heterocycles. The molecule has 0 radical (unpaired) electrons. The monoisotopic (exact) mass is 469 g/mol. The number of alkyl halides is 3. The highest BCUT2D eigenvalue weighted by Crippen LogP contribution is 2.56. The number of benzene rings is 2. The largest absolute Gasteiger partial charge is 0.468 e. The Balaban J connectivity index is 2.20. The Hall–Kier alpha value is -2.19. The molecule has 1 saturated heterocycles. The van der Waals surface area contributed by atoms with E-state index in [1.807, 2.05) is 0 Å². The molecular weight excluding hydrogens is 451 g/mol. The van der Waals surface area contributed by atoms with Gasteiger partial charge in [0, 0.05) is 16.1 Å². The molecule has 0 saturated carbocycles. The van der Waals surface area contributed by atoms with Crippen molar-refractivity contribution in [2.75, 3.05) is 7.11 Å². The molecule has 29 heavy (non-hydrogen) atoms. The third-order valence-electron chi connectivity index (χ3n) is 5.54. The van der Waals surface area contributed by atoms with Crippen LogP contribution in [0.2, 0.25) is 0 Å². The number of methoxy groups -OCH3 is 1. The Bertz CT molecular complexity index is 902. The zero-order valence-corrected chi connectivity index (χ0v) is 17.3. The van der Waals surface area contributed by atoms with E-state index in [2.05, 4.69) is 26.0 Å². The first kappa shape index (κ1) is 21.5. The molecule has 0 spiro atoms. The van der Waals surface area contributed by atoms with E-state index in [4.69, 9.17) is 0 Å². The molecule has 154 valence electrons. The minimum absolute atomic E-state index is 0.155. The predicted octanol–water partition coefficient (Wildman–Crippen LogP) is 4.70. The summed E-state index contributed by atoms with van der Waals surface area (Å²) >= 11 is 3.29. The molecule has 1 fully saturated rings. The third kappa shape index (κ3) is 3.71. The zero-order chi connectivity index (χ0) is 21.4. The van der Waals surface area contributed by atoms with Gasteiger partial charge in [0.2, 0.25) is 0 Å². The van der Waals surface area contributed by atoms with Gasteiger partial charge < -0.3 is 4.74 Å². The summed E-state index contributed by atoms with van der Waals surface area (Å²) in [6.07, 6.45) is -4.84. The van der Waals surface area contributed by atoms with Crippen molar-refractivity contribution in [3.63, 3.8) is 0 Å². The van der Waals surface area contributed by atoms with Gasteiger partial charge in [0.15, 0.2) is 5.78 Å². The number of ketones is 1. The van der Waals surface area contributed by atoms with Crippen molar-refractivity contribution in [1.82, 2.24) is 5.32 Å². The molecule has 1 N–H and O–H groups in total. The van der Waals surface area contributed by atoms with E-state index in [9.17, 15) is 22.8 Å². The lowest BCUT2D eigenvalue weighted by Crippen LogP contribution is -2.53. The van der Waals surface area contributed by atoms with Crippen molar-refractivity contribution < 1.29 is 27.5 Å². The highest BCUT2D eigenvalue weighted by Gasteiger charge is 2.70. The van der Waals surface area contributed by atoms with Crippen molar-refractivity contribution in [3.8, 4) is 0 Å². The number of Topliss-reactive ketones (excluding diaryl/α,β-unsaturated/α-hetero) is 1. The maximum absolute atomic E-state index is 14.4. The summed E-state index contributed by atoms with van der Waals surface area (Å²) in [5.41, 5.74) is -2.03. The van der Waals surface area contributed by atoms with Crippen molar-refractivity contribution >= 4 is 27.7 Å². The normalized spacial score (nSPS) is 26.9. The Morgan fingerprint density at radius 2 is 1.66 bits per heavy atom. The standard InChI is InChI=1S/C21H19BrF3NO3/c1-20(21(23,24)25)15(17(27)13-6-4-3-5-7-13)16(26-18(20)19(28)29-2)12-8-10-14(22)11-9-12/h3-11,15-16,18,26H,1-2H3/t15-,16?,18-,20-/m1/s1. The Morgan fingerprint density at radius 1 is 1.07 bits per heavy atom. The third-order valence-corrected chi connectivity index (χ3v) is 6.07. The number of rotatable bonds is 4. The molecule has 2 aromatic rings. The first-order valence-electron chi connectivity index (χ1n) is 8.86. The second-order valence-corrected chi connectivity index (χ2v) is 8.06. The van der Waals surface area contributed by atoms with E-state index in [-0.39, 0.29) is 5.56 Å². The molecule has 1 aliphatic heterocycles. The Morgan fingerprint density at radius 3 is 2.17 bits per heavy atom. The van der Waals surface area contributed by atoms with Gasteiger partial charge >= 0.3 is 12.1 Å². The van der Waals surface area contributed by atoms with Crippen LogP contribution >= 0.6 is 15.9 Å². The van der Waals surface area contributed by atoms with Crippen LogP contribution in [-0.2, 0) is 9.53 Å². The van der Waals surface area contributed by atoms with Crippen LogP contribution in [0.1, 0.15) is 28.9 Å². The Kier molecular flexibility index (Phi) is 5.87. The van der Waals surface area contributed by atoms with Crippen LogP contribution in [-0.4, -0.2) is 31.1 Å². The summed E-state index contributed by atoms with van der Waals surface area (Å²) in [6.45, 7) is 0.909. The number of nitrogens with one attached hydrogen (secondary N) is 1. The minimum atomic E-state index is -4.84. The minimum Gasteiger partial charge on any atom is -0.468 e. The van der Waals surface area contributed by atoms with Gasteiger partial charge in [0.1, 0.15) is 11.5 Å². The van der Waals surface area contributed by atoms with E-state index in [1.165, 1.54) is 12.1 Å². The molecule has 0 aromatic heterocycles. The smallest absolute Gasteiger partial charge is 0.397 e. The fourth-order valence-electron chi connectivity index (χ4n) is 3.91. The first-order valence-corrected chi connectivity index (χ1v) is 9.66. The molecule has 3 rings (SSSR count). The van der Waals surface area contributed by atoms with Crippen molar-refractivity contribution in [3.05, 3.63) is 70.2 Å². The molecule has 0 aliphatic carbocycles. The molecule has 0 amide bonds. The van der Waals surface area contributed by atoms with Crippen molar-refractivity contribution in [2.45, 2.75) is 25.2 Å². The average Bonchev–Trinajstić information content (AvgIpc) is 3.02. The highest BCUT2D eigenvalue weighted by atomic mass is 79.9. The number of esters is 1. The molecular formula is C21H19BrF3NO3. The van der Waals surface area contributed by atoms with E-state index in [1.54, 1.807) is 42.5 Å². The van der Waals surface area contributed by atoms with E-state index < -0.39 is 41.3 Å². The van der Waals surface area contributed by atoms with Gasteiger partial charge in [-0.3, -0.25) is 14.9 Å². The van der Waals surface area contributed by atoms with Gasteiger partial charge in [-0.05, 0) is 24.6 Å². The number of hydrogen-bond acceptors (Lipinski definition) is 4. The Labute approximate surface area is 174 Å². The van der Waals surface area contributed by atoms with Crippen LogP contribution in [0.4, 0.5) is 13.2 Å². The number of ether oxygens (including phenoxy) is 1. The first-order chi connectivity index (χ1) is 13.6. The second kappa shape index (κ2) is 7.91. The molecule has 1 unspecified atom stereocenters. The number of halogens is 4. The number of carbonyl (C=O) groups is 2. The molecule has 4 atom stereocenters. The molecule has 0 bridgehead atoms. The van der Waals surface area contributed by atoms with Crippen molar-refractivity contribution in [1.29, 1.82) is 0 Å². The number of hydrogen-bond donors (Lipinski definition) is 1. The molecule has 1 aliphatic rings. The summed E-state index contributed by atoms with van der Waals surface area (Å²) in [5.74, 6) is -3.30. The van der Waals surface area contributed by atoms with Crippen LogP contribution in [0.3, 0.4) is 0 Å². The van der Waals surface area contributed by atoms with Crippen LogP contribution in [0.15, 0.2) is 59.1 Å². The second-order valence-electron chi connectivity index (χ2n) is 7.14. The fraction of sp³-hybridized carbons (Fsp3) is 0.333. The summed E-state index contributed by atoms with van der Waals surface area (Å²) in [4.78, 5) is 25.6. The summed E-state index contributed by atoms with van der Waals surface area (Å²) in [6, 6.07) is 11.7. The van der Waals surface area contributed by atoms with Crippen LogP contribution in [0, 0.1) is 11.3 Å². The van der Waals surface area contributed by atoms with Gasteiger partial charge in [0.05, 0.1) is 13.0 Å². The topological polar surface area (TPSA) is 55.4 Å². The van der Waals surface area contributed by atoms with Gasteiger partial charge in [-0.2, -0.15) is 13.2 Å². The molecule has 8 heteroatoms. The molecule has 2 aromatic carbocycles. The summed E-state index contributed by atoms with van der Waals surface area (Å²) < 4.78 is 48.5. The van der Waals surface area contributed by atoms with Gasteiger partial charge in [-0.1, -0.05) is 58.4 Å². The zero-order valence-electron chi connectivity index (χ0n) is 15.7. The van der Waals surface area contributed by atoms with Crippen LogP contribution in [0.25, 0.3) is 0 Å². The highest BCUT2D eigenvalue weighted by molar-refractivity contribution is 9.10. The van der Waals surface area contributed by atoms with E-state index >= 15 is 0 Å². The summed E-state index contributed by atoms with van der Waals surface area (Å²) in [7, 11) is 1.03. The predicted molar refractivity (Wildman–Crippen MR) is 104 cm³/mol. The van der Waals surface area contributed by atoms with E-state index in [0.717, 1.165) is 18.5 Å². The maximum Gasteiger partial charge on any atom is 0.397 e. The fourth-order valence-corrected chi connectivity index (χ4v) is 4.17. The molecule has 4 nitrogen and oxygen atoms in total.